The van der Waals surface area contributed by atoms with Crippen molar-refractivity contribution in [2.75, 3.05) is 20.8 Å². The molecule has 0 amide bonds. The summed E-state index contributed by atoms with van der Waals surface area (Å²) in [6.45, 7) is 0.288. The molecule has 2 aliphatic carbocycles. The first-order valence-electron chi connectivity index (χ1n) is 7.05. The molecular formula is C13H23NO5S. The van der Waals surface area contributed by atoms with Gasteiger partial charge >= 0.3 is 5.97 Å². The molecule has 0 spiro atoms. The monoisotopic (exact) mass is 305 g/mol. The number of nitrogens with one attached hydrogen (secondary N) is 1. The smallest absolute Gasteiger partial charge is 0.310 e. The van der Waals surface area contributed by atoms with Gasteiger partial charge in [0.05, 0.1) is 23.9 Å². The summed E-state index contributed by atoms with van der Waals surface area (Å²) in [4.78, 5) is 11.7. The van der Waals surface area contributed by atoms with Crippen LogP contribution in [0.25, 0.3) is 0 Å². The van der Waals surface area contributed by atoms with E-state index in [1.165, 1.54) is 7.11 Å². The van der Waals surface area contributed by atoms with E-state index in [4.69, 9.17) is 9.47 Å². The van der Waals surface area contributed by atoms with Crippen LogP contribution in [0.3, 0.4) is 0 Å². The molecule has 2 rings (SSSR count). The van der Waals surface area contributed by atoms with Crippen LogP contribution in [0.4, 0.5) is 0 Å². The topological polar surface area (TPSA) is 81.7 Å². The number of hydrogen-bond acceptors (Lipinski definition) is 5. The summed E-state index contributed by atoms with van der Waals surface area (Å²) in [7, 11) is -0.606. The zero-order chi connectivity index (χ0) is 14.8. The van der Waals surface area contributed by atoms with Crippen LogP contribution in [0.2, 0.25) is 0 Å². The first-order valence-corrected chi connectivity index (χ1v) is 8.60. The van der Waals surface area contributed by atoms with Crippen molar-refractivity contribution in [3.8, 4) is 0 Å². The van der Waals surface area contributed by atoms with Crippen LogP contribution >= 0.6 is 0 Å². The molecule has 2 aliphatic rings. The van der Waals surface area contributed by atoms with Gasteiger partial charge in [0, 0.05) is 13.7 Å². The second-order valence-corrected chi connectivity index (χ2v) is 7.69. The summed E-state index contributed by atoms with van der Waals surface area (Å²) in [6, 6.07) is 0. The number of carbonyl (C=O) groups excluding carboxylic acids is 1. The van der Waals surface area contributed by atoms with Crippen molar-refractivity contribution in [3.63, 3.8) is 0 Å². The maximum atomic E-state index is 12.4. The Labute approximate surface area is 120 Å². The zero-order valence-electron chi connectivity index (χ0n) is 12.1. The lowest BCUT2D eigenvalue weighted by atomic mass is 9.80. The SMILES string of the molecule is COC(=O)C1CCCC1S(=O)(=O)NCC1(OC)CCC1. The number of methoxy groups -OCH3 is 2. The molecule has 2 fully saturated rings. The minimum Gasteiger partial charge on any atom is -0.469 e. The first-order chi connectivity index (χ1) is 9.44. The third-order valence-corrected chi connectivity index (χ3v) is 6.56. The number of ether oxygens (including phenoxy) is 2. The minimum absolute atomic E-state index is 0.288. The van der Waals surface area contributed by atoms with Crippen molar-refractivity contribution in [2.45, 2.75) is 49.4 Å². The molecule has 2 unspecified atom stereocenters. The molecule has 116 valence electrons. The van der Waals surface area contributed by atoms with Gasteiger partial charge in [-0.05, 0) is 32.1 Å². The van der Waals surface area contributed by atoms with Crippen LogP contribution in [0.1, 0.15) is 38.5 Å². The van der Waals surface area contributed by atoms with Crippen LogP contribution in [-0.2, 0) is 24.3 Å². The Morgan fingerprint density at radius 2 is 1.95 bits per heavy atom. The number of rotatable bonds is 6. The molecule has 1 N–H and O–H groups in total. The van der Waals surface area contributed by atoms with E-state index in [0.717, 1.165) is 25.7 Å². The van der Waals surface area contributed by atoms with Crippen molar-refractivity contribution in [2.24, 2.45) is 5.92 Å². The van der Waals surface area contributed by atoms with Gasteiger partial charge in [0.25, 0.3) is 0 Å². The molecule has 6 nitrogen and oxygen atoms in total. The number of sulfonamides is 1. The summed E-state index contributed by atoms with van der Waals surface area (Å²) in [5, 5.41) is -0.677. The Balaban J connectivity index is 2.00. The Morgan fingerprint density at radius 1 is 1.25 bits per heavy atom. The van der Waals surface area contributed by atoms with Crippen molar-refractivity contribution in [1.82, 2.24) is 4.72 Å². The molecule has 2 saturated carbocycles. The molecule has 0 aromatic heterocycles. The van der Waals surface area contributed by atoms with E-state index in [1.54, 1.807) is 7.11 Å². The molecule has 0 bridgehead atoms. The third kappa shape index (κ3) is 2.99. The highest BCUT2D eigenvalue weighted by Gasteiger charge is 2.44. The van der Waals surface area contributed by atoms with E-state index in [0.29, 0.717) is 12.8 Å². The molecular weight excluding hydrogens is 282 g/mol. The van der Waals surface area contributed by atoms with Gasteiger partial charge in [0.2, 0.25) is 10.0 Å². The molecule has 7 heteroatoms. The Bertz CT molecular complexity index is 452. The second-order valence-electron chi connectivity index (χ2n) is 5.71. The van der Waals surface area contributed by atoms with E-state index >= 15 is 0 Å². The first kappa shape index (κ1) is 15.7. The van der Waals surface area contributed by atoms with Crippen LogP contribution in [-0.4, -0.2) is 46.0 Å². The number of hydrogen-bond donors (Lipinski definition) is 1. The molecule has 0 heterocycles. The number of esters is 1. The van der Waals surface area contributed by atoms with Crippen molar-refractivity contribution >= 4 is 16.0 Å². The van der Waals surface area contributed by atoms with E-state index in [2.05, 4.69) is 4.72 Å². The van der Waals surface area contributed by atoms with E-state index in [-0.39, 0.29) is 12.1 Å². The maximum Gasteiger partial charge on any atom is 0.310 e. The normalized spacial score (nSPS) is 28.9. The molecule has 0 saturated heterocycles. The van der Waals surface area contributed by atoms with Crippen molar-refractivity contribution in [1.29, 1.82) is 0 Å². The molecule has 0 aromatic rings. The largest absolute Gasteiger partial charge is 0.469 e. The Kier molecular flexibility index (Phi) is 4.71. The van der Waals surface area contributed by atoms with E-state index < -0.39 is 27.2 Å². The summed E-state index contributed by atoms with van der Waals surface area (Å²) < 4.78 is 37.5. The van der Waals surface area contributed by atoms with Crippen molar-refractivity contribution in [3.05, 3.63) is 0 Å². The zero-order valence-corrected chi connectivity index (χ0v) is 12.9. The van der Waals surface area contributed by atoms with Crippen LogP contribution < -0.4 is 4.72 Å². The molecule has 2 atom stereocenters. The quantitative estimate of drug-likeness (QED) is 0.735. The number of carbonyl (C=O) groups is 1. The van der Waals surface area contributed by atoms with Gasteiger partial charge in [-0.3, -0.25) is 4.79 Å². The highest BCUT2D eigenvalue weighted by molar-refractivity contribution is 7.90. The van der Waals surface area contributed by atoms with Gasteiger partial charge in [-0.15, -0.1) is 0 Å². The van der Waals surface area contributed by atoms with Gasteiger partial charge in [0.1, 0.15) is 0 Å². The van der Waals surface area contributed by atoms with Gasteiger partial charge < -0.3 is 9.47 Å². The molecule has 0 radical (unpaired) electrons. The van der Waals surface area contributed by atoms with Crippen LogP contribution in [0, 0.1) is 5.92 Å². The molecule has 20 heavy (non-hydrogen) atoms. The molecule has 0 aliphatic heterocycles. The van der Waals surface area contributed by atoms with Crippen molar-refractivity contribution < 1.29 is 22.7 Å². The second kappa shape index (κ2) is 5.99. The van der Waals surface area contributed by atoms with E-state index in [9.17, 15) is 13.2 Å². The lowest BCUT2D eigenvalue weighted by Gasteiger charge is -2.40. The maximum absolute atomic E-state index is 12.4. The highest BCUT2D eigenvalue weighted by Crippen LogP contribution is 2.36. The Hall–Kier alpha value is -0.660. The van der Waals surface area contributed by atoms with Gasteiger partial charge in [-0.1, -0.05) is 6.42 Å². The summed E-state index contributed by atoms with van der Waals surface area (Å²) >= 11 is 0. The highest BCUT2D eigenvalue weighted by atomic mass is 32.2. The predicted octanol–water partition coefficient (Wildman–Crippen LogP) is 0.817. The van der Waals surface area contributed by atoms with E-state index in [1.807, 2.05) is 0 Å². The standard InChI is InChI=1S/C13H23NO5S/c1-18-12(15)10-5-3-6-11(10)20(16,17)14-9-13(19-2)7-4-8-13/h10-11,14H,3-9H2,1-2H3. The fraction of sp³-hybridized carbons (Fsp3) is 0.923. The van der Waals surface area contributed by atoms with Gasteiger partial charge in [-0.25, -0.2) is 13.1 Å². The van der Waals surface area contributed by atoms with Crippen LogP contribution in [0.5, 0.6) is 0 Å². The summed E-state index contributed by atoms with van der Waals surface area (Å²) in [5.41, 5.74) is -0.355. The average Bonchev–Trinajstić information content (AvgIpc) is 2.87. The van der Waals surface area contributed by atoms with Gasteiger partial charge in [-0.2, -0.15) is 0 Å². The average molecular weight is 305 g/mol. The fourth-order valence-corrected chi connectivity index (χ4v) is 4.92. The summed E-state index contributed by atoms with van der Waals surface area (Å²) in [6.07, 6.45) is 4.63. The van der Waals surface area contributed by atoms with Crippen LogP contribution in [0.15, 0.2) is 0 Å². The predicted molar refractivity (Wildman–Crippen MR) is 73.7 cm³/mol. The Morgan fingerprint density at radius 3 is 2.45 bits per heavy atom. The minimum atomic E-state index is -3.51. The summed E-state index contributed by atoms with van der Waals surface area (Å²) in [5.74, 6) is -0.972. The third-order valence-electron chi connectivity index (χ3n) is 4.65. The fourth-order valence-electron chi connectivity index (χ4n) is 3.08. The lowest BCUT2D eigenvalue weighted by molar-refractivity contribution is -0.145. The van der Waals surface area contributed by atoms with Gasteiger partial charge in [0.15, 0.2) is 0 Å². The lowest BCUT2D eigenvalue weighted by Crippen LogP contribution is -2.51. The molecule has 0 aromatic carbocycles.